The Morgan fingerprint density at radius 1 is 1.12 bits per heavy atom. The highest BCUT2D eigenvalue weighted by Crippen LogP contribution is 2.25. The van der Waals surface area contributed by atoms with Crippen LogP contribution in [-0.4, -0.2) is 41.2 Å². The highest BCUT2D eigenvalue weighted by molar-refractivity contribution is 9.10. The van der Waals surface area contributed by atoms with E-state index in [2.05, 4.69) is 49.1 Å². The summed E-state index contributed by atoms with van der Waals surface area (Å²) in [5.74, 6) is 1.98. The van der Waals surface area contributed by atoms with E-state index in [1.54, 1.807) is 0 Å². The maximum Gasteiger partial charge on any atom is 0.150 e. The van der Waals surface area contributed by atoms with Crippen LogP contribution in [0.25, 0.3) is 10.9 Å². The zero-order valence-electron chi connectivity index (χ0n) is 13.6. The lowest BCUT2D eigenvalue weighted by Crippen LogP contribution is -2.46. The second-order valence-corrected chi connectivity index (χ2v) is 7.03. The molecule has 3 heterocycles. The summed E-state index contributed by atoms with van der Waals surface area (Å²) in [4.78, 5) is 9.59. The van der Waals surface area contributed by atoms with Crippen LogP contribution in [0.4, 0.5) is 5.82 Å². The van der Waals surface area contributed by atoms with Gasteiger partial charge in [0.05, 0.1) is 17.8 Å². The van der Waals surface area contributed by atoms with Gasteiger partial charge in [0.1, 0.15) is 5.82 Å². The van der Waals surface area contributed by atoms with Gasteiger partial charge in [-0.1, -0.05) is 17.3 Å². The molecule has 1 aromatic carbocycles. The number of pyridine rings is 1. The molecule has 0 bridgehead atoms. The van der Waals surface area contributed by atoms with Gasteiger partial charge in [-0.05, 0) is 41.1 Å². The molecule has 0 unspecified atom stereocenters. The Bertz CT molecular complexity index is 855. The van der Waals surface area contributed by atoms with E-state index < -0.39 is 0 Å². The molecule has 0 radical (unpaired) electrons. The fraction of sp³-hybridized carbons (Fsp3) is 0.333. The predicted molar refractivity (Wildman–Crippen MR) is 98.2 cm³/mol. The molecule has 2 aromatic heterocycles. The molecule has 0 aliphatic carbocycles. The molecular formula is C18H19BrN4O. The second kappa shape index (κ2) is 6.53. The Morgan fingerprint density at radius 3 is 2.71 bits per heavy atom. The number of hydrogen-bond acceptors (Lipinski definition) is 5. The number of piperazine rings is 1. The van der Waals surface area contributed by atoms with Gasteiger partial charge in [0.15, 0.2) is 5.76 Å². The Kier molecular flexibility index (Phi) is 4.24. The topological polar surface area (TPSA) is 45.4 Å². The van der Waals surface area contributed by atoms with Crippen molar-refractivity contribution in [2.75, 3.05) is 31.1 Å². The molecule has 0 saturated carbocycles. The van der Waals surface area contributed by atoms with Crippen molar-refractivity contribution in [2.24, 2.45) is 0 Å². The number of aromatic nitrogens is 2. The van der Waals surface area contributed by atoms with Gasteiger partial charge in [0.2, 0.25) is 0 Å². The summed E-state index contributed by atoms with van der Waals surface area (Å²) in [6, 6.07) is 12.4. The second-order valence-electron chi connectivity index (χ2n) is 6.18. The third-order valence-corrected chi connectivity index (χ3v) is 5.05. The number of hydrogen-bond donors (Lipinski definition) is 0. The Morgan fingerprint density at radius 2 is 1.96 bits per heavy atom. The van der Waals surface area contributed by atoms with Crippen molar-refractivity contribution in [1.29, 1.82) is 0 Å². The van der Waals surface area contributed by atoms with E-state index in [1.807, 2.05) is 25.1 Å². The number of halogens is 1. The molecule has 0 N–H and O–H groups in total. The number of aryl methyl sites for hydroxylation is 1. The molecule has 4 rings (SSSR count). The van der Waals surface area contributed by atoms with E-state index in [-0.39, 0.29) is 0 Å². The summed E-state index contributed by atoms with van der Waals surface area (Å²) in [5, 5.41) is 5.11. The fourth-order valence-electron chi connectivity index (χ4n) is 3.12. The first-order valence-electron chi connectivity index (χ1n) is 8.14. The van der Waals surface area contributed by atoms with Gasteiger partial charge in [-0.25, -0.2) is 4.98 Å². The van der Waals surface area contributed by atoms with E-state index in [1.165, 1.54) is 0 Å². The largest absolute Gasteiger partial charge is 0.360 e. The molecule has 1 aliphatic heterocycles. The molecule has 3 aromatic rings. The number of para-hydroxylation sites is 1. The van der Waals surface area contributed by atoms with Gasteiger partial charge in [-0.15, -0.1) is 0 Å². The van der Waals surface area contributed by atoms with Crippen LogP contribution in [0.5, 0.6) is 0 Å². The Balaban J connectivity index is 1.44. The van der Waals surface area contributed by atoms with Crippen molar-refractivity contribution in [3.05, 3.63) is 52.3 Å². The predicted octanol–water partition coefficient (Wildman–Crippen LogP) is 3.62. The number of nitrogens with zero attached hydrogens (tertiary/aromatic N) is 4. The minimum atomic E-state index is 0.825. The molecule has 124 valence electrons. The minimum Gasteiger partial charge on any atom is -0.360 e. The zero-order valence-corrected chi connectivity index (χ0v) is 15.2. The summed E-state index contributed by atoms with van der Waals surface area (Å²) in [5.41, 5.74) is 1.96. The summed E-state index contributed by atoms with van der Waals surface area (Å²) in [6.07, 6.45) is 0. The van der Waals surface area contributed by atoms with Crippen LogP contribution < -0.4 is 4.90 Å². The molecule has 24 heavy (non-hydrogen) atoms. The smallest absolute Gasteiger partial charge is 0.150 e. The van der Waals surface area contributed by atoms with Gasteiger partial charge < -0.3 is 9.42 Å². The quantitative estimate of drug-likeness (QED) is 0.687. The first-order chi connectivity index (χ1) is 11.7. The molecule has 1 saturated heterocycles. The fourth-order valence-corrected chi connectivity index (χ4v) is 3.59. The normalized spacial score (nSPS) is 16.0. The monoisotopic (exact) mass is 386 g/mol. The van der Waals surface area contributed by atoms with Crippen molar-refractivity contribution >= 4 is 32.7 Å². The highest BCUT2D eigenvalue weighted by Gasteiger charge is 2.19. The third-order valence-electron chi connectivity index (χ3n) is 4.41. The third kappa shape index (κ3) is 3.16. The molecule has 1 aliphatic rings. The van der Waals surface area contributed by atoms with E-state index in [0.29, 0.717) is 0 Å². The van der Waals surface area contributed by atoms with Gasteiger partial charge in [0, 0.05) is 42.1 Å². The van der Waals surface area contributed by atoms with E-state index >= 15 is 0 Å². The van der Waals surface area contributed by atoms with Crippen molar-refractivity contribution in [3.8, 4) is 0 Å². The van der Waals surface area contributed by atoms with Crippen LogP contribution in [0.15, 0.2) is 45.4 Å². The van der Waals surface area contributed by atoms with Crippen LogP contribution >= 0.6 is 15.9 Å². The van der Waals surface area contributed by atoms with Crippen molar-refractivity contribution in [2.45, 2.75) is 13.5 Å². The maximum absolute atomic E-state index is 5.32. The average molecular weight is 387 g/mol. The van der Waals surface area contributed by atoms with Gasteiger partial charge in [-0.3, -0.25) is 4.90 Å². The lowest BCUT2D eigenvalue weighted by atomic mass is 10.2. The number of fused-ring (bicyclic) bond motifs is 1. The summed E-state index contributed by atoms with van der Waals surface area (Å²) in [6.45, 7) is 6.71. The van der Waals surface area contributed by atoms with Crippen molar-refractivity contribution in [1.82, 2.24) is 15.0 Å². The van der Waals surface area contributed by atoms with Gasteiger partial charge in [-0.2, -0.15) is 0 Å². The number of rotatable bonds is 3. The lowest BCUT2D eigenvalue weighted by molar-refractivity contribution is 0.219. The minimum absolute atomic E-state index is 0.825. The maximum atomic E-state index is 5.32. The van der Waals surface area contributed by atoms with Gasteiger partial charge in [0.25, 0.3) is 0 Å². The summed E-state index contributed by atoms with van der Waals surface area (Å²) >= 11 is 3.60. The SMILES string of the molecule is Cc1cc(CN2CCN(c3ccc4cccc(Br)c4n3)CC2)on1. The Labute approximate surface area is 149 Å². The van der Waals surface area contributed by atoms with Gasteiger partial charge >= 0.3 is 0 Å². The van der Waals surface area contributed by atoms with Crippen LogP contribution in [0.2, 0.25) is 0 Å². The van der Waals surface area contributed by atoms with Crippen LogP contribution in [-0.2, 0) is 6.54 Å². The Hall–Kier alpha value is -1.92. The van der Waals surface area contributed by atoms with E-state index in [0.717, 1.165) is 65.4 Å². The molecule has 1 fully saturated rings. The zero-order chi connectivity index (χ0) is 16.5. The number of benzene rings is 1. The molecule has 0 atom stereocenters. The van der Waals surface area contributed by atoms with Crippen LogP contribution in [0.1, 0.15) is 11.5 Å². The van der Waals surface area contributed by atoms with Crippen molar-refractivity contribution in [3.63, 3.8) is 0 Å². The van der Waals surface area contributed by atoms with Crippen LogP contribution in [0.3, 0.4) is 0 Å². The standard InChI is InChI=1S/C18H19BrN4O/c1-13-11-15(24-21-13)12-22-7-9-23(10-8-22)17-6-5-14-3-2-4-16(19)18(14)20-17/h2-6,11H,7-10,12H2,1H3. The van der Waals surface area contributed by atoms with Crippen molar-refractivity contribution < 1.29 is 4.52 Å². The molecule has 0 spiro atoms. The van der Waals surface area contributed by atoms with E-state index in [9.17, 15) is 0 Å². The first-order valence-corrected chi connectivity index (χ1v) is 8.93. The molecule has 6 heteroatoms. The highest BCUT2D eigenvalue weighted by atomic mass is 79.9. The average Bonchev–Trinajstić information content (AvgIpc) is 3.01. The first kappa shape index (κ1) is 15.6. The number of anilines is 1. The molecule has 5 nitrogen and oxygen atoms in total. The summed E-state index contributed by atoms with van der Waals surface area (Å²) in [7, 11) is 0. The molecular weight excluding hydrogens is 368 g/mol. The van der Waals surface area contributed by atoms with Crippen LogP contribution in [0, 0.1) is 6.92 Å². The molecule has 0 amide bonds. The van der Waals surface area contributed by atoms with E-state index in [4.69, 9.17) is 9.51 Å². The lowest BCUT2D eigenvalue weighted by Gasteiger charge is -2.35. The summed E-state index contributed by atoms with van der Waals surface area (Å²) < 4.78 is 6.36.